The van der Waals surface area contributed by atoms with Gasteiger partial charge >= 0.3 is 5.97 Å². The average molecular weight is 368 g/mol. The van der Waals surface area contributed by atoms with E-state index in [9.17, 15) is 14.7 Å². The summed E-state index contributed by atoms with van der Waals surface area (Å²) in [6.07, 6.45) is 4.41. The molecule has 6 heteroatoms. The van der Waals surface area contributed by atoms with Crippen LogP contribution >= 0.6 is 11.6 Å². The molecule has 25 heavy (non-hydrogen) atoms. The minimum atomic E-state index is -1.42. The number of nitrogens with one attached hydrogen (secondary N) is 1. The maximum absolute atomic E-state index is 12.4. The molecule has 1 aliphatic heterocycles. The summed E-state index contributed by atoms with van der Waals surface area (Å²) in [5, 5.41) is 13.0. The van der Waals surface area contributed by atoms with Gasteiger partial charge in [-0.15, -0.1) is 0 Å². The fraction of sp³-hybridized carbons (Fsp3) is 0.579. The summed E-state index contributed by atoms with van der Waals surface area (Å²) in [5.74, 6) is -0.686. The molecule has 1 aliphatic rings. The van der Waals surface area contributed by atoms with Crippen LogP contribution in [-0.4, -0.2) is 30.2 Å². The summed E-state index contributed by atoms with van der Waals surface area (Å²) in [6.45, 7) is 3.35. The number of amides is 1. The summed E-state index contributed by atoms with van der Waals surface area (Å²) < 4.78 is 5.34. The van der Waals surface area contributed by atoms with E-state index in [0.717, 1.165) is 38.9 Å². The maximum Gasteiger partial charge on any atom is 0.334 e. The molecule has 1 aromatic rings. The first-order chi connectivity index (χ1) is 12.0. The number of ether oxygens (including phenoxy) is 1. The van der Waals surface area contributed by atoms with Crippen molar-refractivity contribution in [2.75, 3.05) is 13.2 Å². The summed E-state index contributed by atoms with van der Waals surface area (Å²) in [6, 6.07) is 6.59. The van der Waals surface area contributed by atoms with Crippen LogP contribution in [0.4, 0.5) is 0 Å². The molecule has 5 nitrogen and oxygen atoms in total. The van der Waals surface area contributed by atoms with E-state index in [4.69, 9.17) is 16.3 Å². The van der Waals surface area contributed by atoms with Crippen molar-refractivity contribution in [3.05, 3.63) is 34.9 Å². The lowest BCUT2D eigenvalue weighted by Crippen LogP contribution is -2.51. The van der Waals surface area contributed by atoms with Crippen LogP contribution in [0.25, 0.3) is 0 Å². The third kappa shape index (κ3) is 5.19. The molecule has 138 valence electrons. The van der Waals surface area contributed by atoms with E-state index in [-0.39, 0.29) is 12.3 Å². The largest absolute Gasteiger partial charge is 0.479 e. The van der Waals surface area contributed by atoms with Crippen molar-refractivity contribution in [2.45, 2.75) is 51.0 Å². The molecular weight excluding hydrogens is 342 g/mol. The maximum atomic E-state index is 12.4. The highest BCUT2D eigenvalue weighted by atomic mass is 35.5. The van der Waals surface area contributed by atoms with Crippen LogP contribution in [0, 0.1) is 5.92 Å². The SMILES string of the molecule is CCC(NC(=O)CCCC1CCOCC1)(C(=O)O)c1ccc(Cl)cc1. The monoisotopic (exact) mass is 367 g/mol. The van der Waals surface area contributed by atoms with Gasteiger partial charge in [0.15, 0.2) is 5.54 Å². The molecule has 1 fully saturated rings. The molecule has 1 amide bonds. The minimum Gasteiger partial charge on any atom is -0.479 e. The Morgan fingerprint density at radius 1 is 1.28 bits per heavy atom. The van der Waals surface area contributed by atoms with Crippen molar-refractivity contribution in [3.63, 3.8) is 0 Å². The van der Waals surface area contributed by atoms with Crippen LogP contribution in [0.3, 0.4) is 0 Å². The Balaban J connectivity index is 1.97. The Bertz CT molecular complexity index is 584. The number of carbonyl (C=O) groups excluding carboxylic acids is 1. The average Bonchev–Trinajstić information content (AvgIpc) is 2.61. The van der Waals surface area contributed by atoms with Crippen molar-refractivity contribution < 1.29 is 19.4 Å². The molecule has 2 N–H and O–H groups in total. The van der Waals surface area contributed by atoms with Gasteiger partial charge in [0.25, 0.3) is 0 Å². The molecular formula is C19H26ClNO4. The van der Waals surface area contributed by atoms with Crippen molar-refractivity contribution in [1.82, 2.24) is 5.32 Å². The van der Waals surface area contributed by atoms with Crippen molar-refractivity contribution in [1.29, 1.82) is 0 Å². The second-order valence-electron chi connectivity index (χ2n) is 6.57. The van der Waals surface area contributed by atoms with Gasteiger partial charge in [-0.3, -0.25) is 4.79 Å². The van der Waals surface area contributed by atoms with Gasteiger partial charge in [0, 0.05) is 24.7 Å². The Hall–Kier alpha value is -1.59. The fourth-order valence-electron chi connectivity index (χ4n) is 3.31. The van der Waals surface area contributed by atoms with E-state index in [0.29, 0.717) is 22.9 Å². The number of hydrogen-bond acceptors (Lipinski definition) is 3. The lowest BCUT2D eigenvalue weighted by atomic mass is 9.86. The second kappa shape index (κ2) is 9.20. The Kier molecular flexibility index (Phi) is 7.26. The Morgan fingerprint density at radius 3 is 2.48 bits per heavy atom. The van der Waals surface area contributed by atoms with E-state index in [1.165, 1.54) is 0 Å². The first-order valence-corrected chi connectivity index (χ1v) is 9.24. The van der Waals surface area contributed by atoms with Crippen molar-refractivity contribution >= 4 is 23.5 Å². The van der Waals surface area contributed by atoms with Crippen LogP contribution in [0.1, 0.15) is 51.0 Å². The van der Waals surface area contributed by atoms with Crippen LogP contribution in [0.2, 0.25) is 5.02 Å². The second-order valence-corrected chi connectivity index (χ2v) is 7.00. The molecule has 1 unspecified atom stereocenters. The van der Waals surface area contributed by atoms with Crippen LogP contribution in [-0.2, 0) is 19.9 Å². The molecule has 1 heterocycles. The van der Waals surface area contributed by atoms with E-state index in [1.54, 1.807) is 31.2 Å². The van der Waals surface area contributed by atoms with Gasteiger partial charge in [0.1, 0.15) is 0 Å². The van der Waals surface area contributed by atoms with Crippen molar-refractivity contribution in [2.24, 2.45) is 5.92 Å². The highest BCUT2D eigenvalue weighted by molar-refractivity contribution is 6.30. The van der Waals surface area contributed by atoms with Crippen molar-refractivity contribution in [3.8, 4) is 0 Å². The zero-order chi connectivity index (χ0) is 18.3. The number of halogens is 1. The standard InChI is InChI=1S/C19H26ClNO4/c1-2-19(18(23)24,15-6-8-16(20)9-7-15)21-17(22)5-3-4-14-10-12-25-13-11-14/h6-9,14H,2-5,10-13H2,1H3,(H,21,22)(H,23,24). The zero-order valence-electron chi connectivity index (χ0n) is 14.6. The molecule has 0 aromatic heterocycles. The van der Waals surface area contributed by atoms with Gasteiger partial charge < -0.3 is 15.2 Å². The smallest absolute Gasteiger partial charge is 0.334 e. The number of benzene rings is 1. The molecule has 0 saturated carbocycles. The third-order valence-electron chi connectivity index (χ3n) is 4.94. The van der Waals surface area contributed by atoms with E-state index < -0.39 is 11.5 Å². The third-order valence-corrected chi connectivity index (χ3v) is 5.19. The first kappa shape index (κ1) is 19.7. The first-order valence-electron chi connectivity index (χ1n) is 8.86. The molecule has 0 spiro atoms. The Morgan fingerprint density at radius 2 is 1.92 bits per heavy atom. The van der Waals surface area contributed by atoms with Gasteiger partial charge in [-0.2, -0.15) is 0 Å². The number of hydrogen-bond donors (Lipinski definition) is 2. The predicted molar refractivity (Wildman–Crippen MR) is 96.6 cm³/mol. The normalized spacial score (nSPS) is 17.7. The van der Waals surface area contributed by atoms with Crippen LogP contribution in [0.5, 0.6) is 0 Å². The molecule has 1 saturated heterocycles. The molecule has 0 bridgehead atoms. The lowest BCUT2D eigenvalue weighted by molar-refractivity contribution is -0.148. The van der Waals surface area contributed by atoms with E-state index in [2.05, 4.69) is 5.32 Å². The number of carbonyl (C=O) groups is 2. The number of aliphatic carboxylic acids is 1. The fourth-order valence-corrected chi connectivity index (χ4v) is 3.44. The van der Waals surface area contributed by atoms with Crippen LogP contribution < -0.4 is 5.32 Å². The highest BCUT2D eigenvalue weighted by Crippen LogP contribution is 2.28. The lowest BCUT2D eigenvalue weighted by Gasteiger charge is -2.30. The molecule has 1 aromatic carbocycles. The summed E-state index contributed by atoms with van der Waals surface area (Å²) in [7, 11) is 0. The van der Waals surface area contributed by atoms with Gasteiger partial charge in [-0.25, -0.2) is 4.79 Å². The molecule has 2 rings (SSSR count). The number of rotatable bonds is 8. The quantitative estimate of drug-likeness (QED) is 0.733. The summed E-state index contributed by atoms with van der Waals surface area (Å²) >= 11 is 5.89. The summed E-state index contributed by atoms with van der Waals surface area (Å²) in [5.41, 5.74) is -0.884. The molecule has 0 aliphatic carbocycles. The molecule has 0 radical (unpaired) electrons. The van der Waals surface area contributed by atoms with Gasteiger partial charge in [0.2, 0.25) is 5.91 Å². The van der Waals surface area contributed by atoms with Gasteiger partial charge in [-0.1, -0.05) is 30.7 Å². The highest BCUT2D eigenvalue weighted by Gasteiger charge is 2.40. The van der Waals surface area contributed by atoms with E-state index >= 15 is 0 Å². The minimum absolute atomic E-state index is 0.230. The predicted octanol–water partition coefficient (Wildman–Crippen LogP) is 3.74. The van der Waals surface area contributed by atoms with E-state index in [1.807, 2.05) is 0 Å². The van der Waals surface area contributed by atoms with Crippen LogP contribution in [0.15, 0.2) is 24.3 Å². The summed E-state index contributed by atoms with van der Waals surface area (Å²) in [4.78, 5) is 24.3. The van der Waals surface area contributed by atoms with Gasteiger partial charge in [-0.05, 0) is 55.7 Å². The van der Waals surface area contributed by atoms with Gasteiger partial charge in [0.05, 0.1) is 0 Å². The topological polar surface area (TPSA) is 75.6 Å². The number of carboxylic acid groups (broad SMARTS) is 1. The number of carboxylic acids is 1. The zero-order valence-corrected chi connectivity index (χ0v) is 15.3. The Labute approximate surface area is 153 Å². The molecule has 1 atom stereocenters.